The normalized spacial score (nSPS) is 11.0. The summed E-state index contributed by atoms with van der Waals surface area (Å²) in [6, 6.07) is 0. The van der Waals surface area contributed by atoms with E-state index in [9.17, 15) is 14.7 Å². The lowest BCUT2D eigenvalue weighted by Gasteiger charge is -2.23. The standard InChI is InChI=1S/C18H36O2.C5H11NO2/c1-2-3-4-5-6-7-8-9-10-11-12-13-14-15-16-17-18(19)20;1-6(2,3)4-5(7)8/h2-17H2,1H3,(H,19,20);4H2,1-3H3. The van der Waals surface area contributed by atoms with Crippen LogP contribution >= 0.6 is 0 Å². The average Bonchev–Trinajstić information content (AvgIpc) is 2.56. The van der Waals surface area contributed by atoms with Crippen molar-refractivity contribution in [1.82, 2.24) is 0 Å². The van der Waals surface area contributed by atoms with Crippen molar-refractivity contribution < 1.29 is 24.3 Å². The Morgan fingerprint density at radius 1 is 0.679 bits per heavy atom. The Hall–Kier alpha value is -1.10. The maximum absolute atomic E-state index is 10.3. The number of likely N-dealkylation sites (N-methyl/N-ethyl adjacent to an activating group) is 1. The highest BCUT2D eigenvalue weighted by molar-refractivity contribution is 5.66. The van der Waals surface area contributed by atoms with E-state index in [2.05, 4.69) is 6.92 Å². The van der Waals surface area contributed by atoms with Crippen LogP contribution in [0.5, 0.6) is 0 Å². The molecule has 0 rings (SSSR count). The van der Waals surface area contributed by atoms with Crippen LogP contribution in [0.4, 0.5) is 0 Å². The second-order valence-corrected chi connectivity index (χ2v) is 8.91. The number of unbranched alkanes of at least 4 members (excludes halogenated alkanes) is 14. The number of carboxylic acid groups (broad SMARTS) is 2. The summed E-state index contributed by atoms with van der Waals surface area (Å²) in [5.74, 6) is -1.66. The topological polar surface area (TPSA) is 77.4 Å². The first kappa shape index (κ1) is 29.1. The molecule has 0 saturated carbocycles. The molecule has 0 aromatic carbocycles. The Balaban J connectivity index is 0. The van der Waals surface area contributed by atoms with Crippen molar-refractivity contribution in [2.75, 3.05) is 27.7 Å². The van der Waals surface area contributed by atoms with Crippen LogP contribution < -0.4 is 5.11 Å². The molecule has 5 heteroatoms. The second-order valence-electron chi connectivity index (χ2n) is 8.91. The van der Waals surface area contributed by atoms with Gasteiger partial charge in [0.15, 0.2) is 0 Å². The van der Waals surface area contributed by atoms with Crippen LogP contribution in [-0.4, -0.2) is 49.2 Å². The van der Waals surface area contributed by atoms with Crippen LogP contribution in [0.1, 0.15) is 110 Å². The zero-order valence-electron chi connectivity index (χ0n) is 19.1. The lowest BCUT2D eigenvalue weighted by atomic mass is 10.0. The van der Waals surface area contributed by atoms with E-state index in [1.165, 1.54) is 83.5 Å². The third-order valence-electron chi connectivity index (χ3n) is 4.60. The number of carbonyl (C=O) groups is 2. The number of carbonyl (C=O) groups excluding carboxylic acids is 1. The fraction of sp³-hybridized carbons (Fsp3) is 0.913. The maximum Gasteiger partial charge on any atom is 0.303 e. The molecule has 0 aliphatic carbocycles. The minimum absolute atomic E-state index is 0.0694. The van der Waals surface area contributed by atoms with Crippen molar-refractivity contribution in [3.8, 4) is 0 Å². The van der Waals surface area contributed by atoms with E-state index in [0.717, 1.165) is 12.8 Å². The maximum atomic E-state index is 10.3. The SMILES string of the molecule is CCCCCCCCCCCCCCCCCC(=O)O.C[N+](C)(C)CC(=O)[O-]. The molecule has 0 saturated heterocycles. The number of hydrogen-bond donors (Lipinski definition) is 1. The predicted molar refractivity (Wildman–Crippen MR) is 115 cm³/mol. The fourth-order valence-electron chi connectivity index (χ4n) is 3.03. The summed E-state index contributed by atoms with van der Waals surface area (Å²) in [5.41, 5.74) is 0. The molecule has 0 spiro atoms. The number of carboxylic acids is 2. The van der Waals surface area contributed by atoms with Crippen molar-refractivity contribution in [1.29, 1.82) is 0 Å². The monoisotopic (exact) mass is 401 g/mol. The highest BCUT2D eigenvalue weighted by atomic mass is 16.4. The van der Waals surface area contributed by atoms with Gasteiger partial charge in [0.05, 0.1) is 27.1 Å². The Kier molecular flexibility index (Phi) is 21.4. The Morgan fingerprint density at radius 3 is 1.21 bits per heavy atom. The van der Waals surface area contributed by atoms with Gasteiger partial charge in [-0.15, -0.1) is 0 Å². The van der Waals surface area contributed by atoms with Crippen molar-refractivity contribution >= 4 is 11.9 Å². The number of nitrogens with zero attached hydrogens (tertiary/aromatic N) is 1. The molecule has 0 radical (unpaired) electrons. The summed E-state index contributed by atoms with van der Waals surface area (Å²) < 4.78 is 0.419. The molecule has 0 heterocycles. The largest absolute Gasteiger partial charge is 0.544 e. The van der Waals surface area contributed by atoms with Crippen LogP contribution in [0.15, 0.2) is 0 Å². The molecule has 1 N–H and O–H groups in total. The van der Waals surface area contributed by atoms with E-state index < -0.39 is 11.9 Å². The first-order valence-corrected chi connectivity index (χ1v) is 11.4. The van der Waals surface area contributed by atoms with Gasteiger partial charge in [-0.3, -0.25) is 4.79 Å². The van der Waals surface area contributed by atoms with Crippen LogP contribution in [0.25, 0.3) is 0 Å². The van der Waals surface area contributed by atoms with Gasteiger partial charge in [0, 0.05) is 6.42 Å². The van der Waals surface area contributed by atoms with E-state index in [4.69, 9.17) is 5.11 Å². The molecule has 0 bridgehead atoms. The summed E-state index contributed by atoms with van der Waals surface area (Å²) in [5, 5.41) is 18.4. The fourth-order valence-corrected chi connectivity index (χ4v) is 3.03. The Labute approximate surface area is 174 Å². The Morgan fingerprint density at radius 2 is 1.00 bits per heavy atom. The number of hydrogen-bond acceptors (Lipinski definition) is 3. The van der Waals surface area contributed by atoms with Gasteiger partial charge >= 0.3 is 5.97 Å². The van der Waals surface area contributed by atoms with Crippen molar-refractivity contribution in [2.45, 2.75) is 110 Å². The average molecular weight is 402 g/mol. The molecular weight excluding hydrogens is 354 g/mol. The molecule has 0 atom stereocenters. The molecule has 0 aliphatic heterocycles. The van der Waals surface area contributed by atoms with Gasteiger partial charge in [0.1, 0.15) is 6.54 Å². The van der Waals surface area contributed by atoms with Gasteiger partial charge in [-0.2, -0.15) is 0 Å². The minimum atomic E-state index is -1.00. The zero-order valence-corrected chi connectivity index (χ0v) is 19.1. The van der Waals surface area contributed by atoms with Crippen LogP contribution in [0.3, 0.4) is 0 Å². The predicted octanol–water partition coefficient (Wildman–Crippen LogP) is 4.78. The van der Waals surface area contributed by atoms with E-state index in [0.29, 0.717) is 10.9 Å². The summed E-state index contributed by atoms with van der Waals surface area (Å²) >= 11 is 0. The van der Waals surface area contributed by atoms with Gasteiger partial charge < -0.3 is 19.5 Å². The van der Waals surface area contributed by atoms with E-state index >= 15 is 0 Å². The summed E-state index contributed by atoms with van der Waals surface area (Å²) in [6.07, 6.45) is 20.2. The van der Waals surface area contributed by atoms with Crippen molar-refractivity contribution in [3.63, 3.8) is 0 Å². The smallest absolute Gasteiger partial charge is 0.303 e. The molecule has 0 aromatic heterocycles. The van der Waals surface area contributed by atoms with Crippen molar-refractivity contribution in [3.05, 3.63) is 0 Å². The highest BCUT2D eigenvalue weighted by Gasteiger charge is 2.04. The molecule has 0 unspecified atom stereocenters. The molecule has 168 valence electrons. The van der Waals surface area contributed by atoms with E-state index in [1.807, 2.05) is 0 Å². The third-order valence-corrected chi connectivity index (χ3v) is 4.60. The van der Waals surface area contributed by atoms with Gasteiger partial charge in [0.25, 0.3) is 0 Å². The first-order chi connectivity index (χ1) is 13.2. The van der Waals surface area contributed by atoms with Crippen molar-refractivity contribution in [2.24, 2.45) is 0 Å². The molecule has 0 aliphatic rings. The van der Waals surface area contributed by atoms with Gasteiger partial charge in [-0.25, -0.2) is 0 Å². The lowest BCUT2D eigenvalue weighted by molar-refractivity contribution is -0.864. The van der Waals surface area contributed by atoms with Gasteiger partial charge in [-0.1, -0.05) is 96.8 Å². The Bertz CT molecular complexity index is 364. The zero-order chi connectivity index (χ0) is 21.7. The van der Waals surface area contributed by atoms with Crippen LogP contribution in [-0.2, 0) is 9.59 Å². The molecular formula is C23H47NO4. The lowest BCUT2D eigenvalue weighted by Crippen LogP contribution is -2.45. The van der Waals surface area contributed by atoms with Crippen LogP contribution in [0.2, 0.25) is 0 Å². The highest BCUT2D eigenvalue weighted by Crippen LogP contribution is 2.13. The second kappa shape index (κ2) is 20.6. The van der Waals surface area contributed by atoms with E-state index in [1.54, 1.807) is 21.1 Å². The number of rotatable bonds is 18. The summed E-state index contributed by atoms with van der Waals surface area (Å²) in [7, 11) is 5.40. The number of aliphatic carboxylic acids is 2. The summed E-state index contributed by atoms with van der Waals surface area (Å²) in [4.78, 5) is 20.2. The minimum Gasteiger partial charge on any atom is -0.544 e. The molecule has 0 amide bonds. The summed E-state index contributed by atoms with van der Waals surface area (Å²) in [6.45, 7) is 2.34. The van der Waals surface area contributed by atoms with Gasteiger partial charge in [0.2, 0.25) is 0 Å². The first-order valence-electron chi connectivity index (χ1n) is 11.4. The number of quaternary nitrogens is 1. The molecule has 5 nitrogen and oxygen atoms in total. The molecule has 28 heavy (non-hydrogen) atoms. The van der Waals surface area contributed by atoms with Gasteiger partial charge in [-0.05, 0) is 6.42 Å². The van der Waals surface area contributed by atoms with Crippen LogP contribution in [0, 0.1) is 0 Å². The molecule has 0 aromatic rings. The third kappa shape index (κ3) is 32.6. The van der Waals surface area contributed by atoms with E-state index in [-0.39, 0.29) is 6.54 Å². The molecule has 0 fully saturated rings. The quantitative estimate of drug-likeness (QED) is 0.265.